The first-order valence-corrected chi connectivity index (χ1v) is 7.39. The van der Waals surface area contributed by atoms with Crippen molar-refractivity contribution < 1.29 is 0 Å². The molecule has 2 heterocycles. The van der Waals surface area contributed by atoms with Crippen LogP contribution in [-0.2, 0) is 6.42 Å². The van der Waals surface area contributed by atoms with E-state index in [4.69, 9.17) is 11.6 Å². The third-order valence-corrected chi connectivity index (χ3v) is 3.64. The molecule has 0 aliphatic carbocycles. The molecule has 21 heavy (non-hydrogen) atoms. The molecular formula is C16H17ClN4. The summed E-state index contributed by atoms with van der Waals surface area (Å²) in [5, 5.41) is 0. The van der Waals surface area contributed by atoms with Crippen LogP contribution in [0.15, 0.2) is 42.7 Å². The lowest BCUT2D eigenvalue weighted by Gasteiger charge is -2.15. The Morgan fingerprint density at radius 2 is 2.10 bits per heavy atom. The molecule has 0 bridgehead atoms. The second kappa shape index (κ2) is 5.74. The largest absolute Gasteiger partial charge is 0.378 e. The molecule has 108 valence electrons. The van der Waals surface area contributed by atoms with Gasteiger partial charge in [-0.1, -0.05) is 6.07 Å². The zero-order chi connectivity index (χ0) is 14.8. The van der Waals surface area contributed by atoms with Crippen molar-refractivity contribution in [1.29, 1.82) is 0 Å². The maximum Gasteiger partial charge on any atom is 0.115 e. The molecule has 4 nitrogen and oxygen atoms in total. The Labute approximate surface area is 129 Å². The van der Waals surface area contributed by atoms with E-state index in [1.165, 1.54) is 0 Å². The Hall–Kier alpha value is -2.07. The van der Waals surface area contributed by atoms with Crippen molar-refractivity contribution in [1.82, 2.24) is 14.5 Å². The summed E-state index contributed by atoms with van der Waals surface area (Å²) in [6, 6.07) is 10.4. The minimum atomic E-state index is 0.546. The molecule has 2 aromatic heterocycles. The standard InChI is InChI=1S/C16H17ClN4/c1-20(2)12-4-3-5-13(10-12)21-15-7-9-18-11-14(15)19-16(21)6-8-17/h3-5,7,9-11H,6,8H2,1-2H3. The molecule has 0 atom stereocenters. The maximum atomic E-state index is 5.93. The molecular weight excluding hydrogens is 284 g/mol. The topological polar surface area (TPSA) is 34.0 Å². The molecule has 0 aliphatic heterocycles. The van der Waals surface area contributed by atoms with Gasteiger partial charge in [0.05, 0.1) is 11.7 Å². The van der Waals surface area contributed by atoms with Crippen molar-refractivity contribution in [3.8, 4) is 5.69 Å². The van der Waals surface area contributed by atoms with Gasteiger partial charge < -0.3 is 4.90 Å². The van der Waals surface area contributed by atoms with Crippen LogP contribution < -0.4 is 4.90 Å². The van der Waals surface area contributed by atoms with Gasteiger partial charge in [-0.05, 0) is 24.3 Å². The van der Waals surface area contributed by atoms with E-state index in [2.05, 4.69) is 43.7 Å². The maximum absolute atomic E-state index is 5.93. The first-order valence-electron chi connectivity index (χ1n) is 6.86. The number of pyridine rings is 1. The second-order valence-electron chi connectivity index (χ2n) is 5.08. The number of fused-ring (bicyclic) bond motifs is 1. The molecule has 0 saturated carbocycles. The third kappa shape index (κ3) is 2.59. The first kappa shape index (κ1) is 13.9. The number of halogens is 1. The van der Waals surface area contributed by atoms with Crippen molar-refractivity contribution in [2.45, 2.75) is 6.42 Å². The first-order chi connectivity index (χ1) is 10.2. The van der Waals surface area contributed by atoms with Gasteiger partial charge in [-0.2, -0.15) is 0 Å². The number of hydrogen-bond acceptors (Lipinski definition) is 3. The van der Waals surface area contributed by atoms with Gasteiger partial charge in [0, 0.05) is 44.0 Å². The van der Waals surface area contributed by atoms with E-state index in [0.717, 1.165) is 34.7 Å². The lowest BCUT2D eigenvalue weighted by Crippen LogP contribution is -2.09. The third-order valence-electron chi connectivity index (χ3n) is 3.45. The Kier molecular flexibility index (Phi) is 3.80. The number of imidazole rings is 1. The zero-order valence-electron chi connectivity index (χ0n) is 12.1. The van der Waals surface area contributed by atoms with Gasteiger partial charge in [-0.25, -0.2) is 4.98 Å². The van der Waals surface area contributed by atoms with E-state index in [1.807, 2.05) is 20.2 Å². The van der Waals surface area contributed by atoms with Gasteiger partial charge in [-0.3, -0.25) is 9.55 Å². The lowest BCUT2D eigenvalue weighted by molar-refractivity contribution is 0.911. The van der Waals surface area contributed by atoms with Gasteiger partial charge in [0.15, 0.2) is 0 Å². The van der Waals surface area contributed by atoms with Crippen LogP contribution in [0.1, 0.15) is 5.82 Å². The molecule has 0 N–H and O–H groups in total. The molecule has 0 radical (unpaired) electrons. The summed E-state index contributed by atoms with van der Waals surface area (Å²) in [6.45, 7) is 0. The molecule has 1 aromatic carbocycles. The summed E-state index contributed by atoms with van der Waals surface area (Å²) in [4.78, 5) is 10.9. The average Bonchev–Trinajstić information content (AvgIpc) is 2.85. The molecule has 0 aliphatic rings. The summed E-state index contributed by atoms with van der Waals surface area (Å²) in [5.74, 6) is 1.51. The Balaban J connectivity index is 2.22. The van der Waals surface area contributed by atoms with Crippen molar-refractivity contribution in [3.63, 3.8) is 0 Å². The fraction of sp³-hybridized carbons (Fsp3) is 0.250. The van der Waals surface area contributed by atoms with Crippen molar-refractivity contribution in [3.05, 3.63) is 48.5 Å². The summed E-state index contributed by atoms with van der Waals surface area (Å²) in [6.07, 6.45) is 4.31. The number of alkyl halides is 1. The number of aromatic nitrogens is 3. The number of rotatable bonds is 4. The summed E-state index contributed by atoms with van der Waals surface area (Å²) in [7, 11) is 4.07. The van der Waals surface area contributed by atoms with Crippen molar-refractivity contribution >= 4 is 28.3 Å². The lowest BCUT2D eigenvalue weighted by atomic mass is 10.2. The molecule has 0 spiro atoms. The molecule has 0 fully saturated rings. The van der Waals surface area contributed by atoms with Crippen LogP contribution in [-0.4, -0.2) is 34.5 Å². The molecule has 3 aromatic rings. The van der Waals surface area contributed by atoms with Gasteiger partial charge in [-0.15, -0.1) is 11.6 Å². The SMILES string of the molecule is CN(C)c1cccc(-n2c(CCCl)nc3cnccc32)c1. The van der Waals surface area contributed by atoms with E-state index in [0.29, 0.717) is 5.88 Å². The van der Waals surface area contributed by atoms with Crippen molar-refractivity contribution in [2.75, 3.05) is 24.9 Å². The minimum absolute atomic E-state index is 0.546. The Morgan fingerprint density at radius 3 is 2.86 bits per heavy atom. The van der Waals surface area contributed by atoms with E-state index in [1.54, 1.807) is 12.4 Å². The van der Waals surface area contributed by atoms with Gasteiger partial charge in [0.1, 0.15) is 11.3 Å². The smallest absolute Gasteiger partial charge is 0.115 e. The van der Waals surface area contributed by atoms with E-state index < -0.39 is 0 Å². The molecule has 0 amide bonds. The summed E-state index contributed by atoms with van der Waals surface area (Å²) >= 11 is 5.93. The van der Waals surface area contributed by atoms with Crippen LogP contribution in [0.3, 0.4) is 0 Å². The van der Waals surface area contributed by atoms with Crippen LogP contribution in [0.5, 0.6) is 0 Å². The Morgan fingerprint density at radius 1 is 1.24 bits per heavy atom. The minimum Gasteiger partial charge on any atom is -0.378 e. The highest BCUT2D eigenvalue weighted by atomic mass is 35.5. The number of anilines is 1. The van der Waals surface area contributed by atoms with Gasteiger partial charge in [0.25, 0.3) is 0 Å². The monoisotopic (exact) mass is 300 g/mol. The average molecular weight is 301 g/mol. The number of aryl methyl sites for hydroxylation is 1. The molecule has 0 unspecified atom stereocenters. The zero-order valence-corrected chi connectivity index (χ0v) is 12.9. The fourth-order valence-corrected chi connectivity index (χ4v) is 2.60. The van der Waals surface area contributed by atoms with E-state index >= 15 is 0 Å². The number of benzene rings is 1. The van der Waals surface area contributed by atoms with Crippen LogP contribution in [0, 0.1) is 0 Å². The summed E-state index contributed by atoms with van der Waals surface area (Å²) < 4.78 is 2.16. The van der Waals surface area contributed by atoms with Gasteiger partial charge in [0.2, 0.25) is 0 Å². The van der Waals surface area contributed by atoms with Crippen LogP contribution in [0.4, 0.5) is 5.69 Å². The molecule has 0 saturated heterocycles. The number of hydrogen-bond donors (Lipinski definition) is 0. The van der Waals surface area contributed by atoms with Gasteiger partial charge >= 0.3 is 0 Å². The highest BCUT2D eigenvalue weighted by molar-refractivity contribution is 6.17. The van der Waals surface area contributed by atoms with Crippen LogP contribution in [0.25, 0.3) is 16.7 Å². The normalized spacial score (nSPS) is 11.0. The van der Waals surface area contributed by atoms with Crippen LogP contribution >= 0.6 is 11.6 Å². The van der Waals surface area contributed by atoms with E-state index in [9.17, 15) is 0 Å². The second-order valence-corrected chi connectivity index (χ2v) is 5.46. The summed E-state index contributed by atoms with van der Waals surface area (Å²) in [5.41, 5.74) is 4.20. The highest BCUT2D eigenvalue weighted by Crippen LogP contribution is 2.24. The van der Waals surface area contributed by atoms with Crippen LogP contribution in [0.2, 0.25) is 0 Å². The highest BCUT2D eigenvalue weighted by Gasteiger charge is 2.12. The molecule has 5 heteroatoms. The Bertz CT molecular complexity index is 764. The predicted octanol–water partition coefficient (Wildman–Crippen LogP) is 3.27. The molecule has 3 rings (SSSR count). The van der Waals surface area contributed by atoms with E-state index in [-0.39, 0.29) is 0 Å². The van der Waals surface area contributed by atoms with Crippen molar-refractivity contribution in [2.24, 2.45) is 0 Å². The fourth-order valence-electron chi connectivity index (χ4n) is 2.43. The predicted molar refractivity (Wildman–Crippen MR) is 87.6 cm³/mol. The number of nitrogens with zero attached hydrogens (tertiary/aromatic N) is 4. The quantitative estimate of drug-likeness (QED) is 0.694.